The minimum Gasteiger partial charge on any atom is -0.438 e. The van der Waals surface area contributed by atoms with Gasteiger partial charge in [0.25, 0.3) is 0 Å². The Balaban J connectivity index is 2.08. The van der Waals surface area contributed by atoms with Crippen molar-refractivity contribution in [3.05, 3.63) is 12.2 Å². The Morgan fingerprint density at radius 3 is 3.13 bits per heavy atom. The fourth-order valence-corrected chi connectivity index (χ4v) is 2.12. The van der Waals surface area contributed by atoms with E-state index in [2.05, 4.69) is 10.1 Å². The van der Waals surface area contributed by atoms with E-state index in [9.17, 15) is 9.59 Å². The molecular formula is C10H13NO4. The Bertz CT molecular complexity index is 313. The number of carbonyl (C=O) groups is 2. The Hall–Kier alpha value is -1.52. The van der Waals surface area contributed by atoms with E-state index in [0.29, 0.717) is 13.0 Å². The van der Waals surface area contributed by atoms with E-state index in [1.165, 1.54) is 7.11 Å². The second-order valence-electron chi connectivity index (χ2n) is 3.71. The molecule has 1 saturated heterocycles. The molecule has 0 aromatic heterocycles. The van der Waals surface area contributed by atoms with Gasteiger partial charge < -0.3 is 14.8 Å². The Labute approximate surface area is 87.4 Å². The number of rotatable bonds is 1. The maximum Gasteiger partial charge on any atom is 0.508 e. The molecule has 5 nitrogen and oxygen atoms in total. The van der Waals surface area contributed by atoms with Crippen LogP contribution in [0.25, 0.3) is 0 Å². The summed E-state index contributed by atoms with van der Waals surface area (Å²) in [4.78, 5) is 22.5. The maximum atomic E-state index is 11.5. The average molecular weight is 211 g/mol. The van der Waals surface area contributed by atoms with E-state index in [-0.39, 0.29) is 17.7 Å². The third kappa shape index (κ3) is 1.82. The number of fused-ring (bicyclic) bond motifs is 1. The third-order valence-corrected chi connectivity index (χ3v) is 2.84. The molecule has 1 fully saturated rings. The van der Waals surface area contributed by atoms with Crippen molar-refractivity contribution in [3.8, 4) is 0 Å². The molecule has 1 aliphatic heterocycles. The lowest BCUT2D eigenvalue weighted by Crippen LogP contribution is -2.36. The van der Waals surface area contributed by atoms with Crippen molar-refractivity contribution < 1.29 is 19.1 Å². The highest BCUT2D eigenvalue weighted by atomic mass is 16.7. The van der Waals surface area contributed by atoms with Crippen molar-refractivity contribution in [2.45, 2.75) is 12.5 Å². The summed E-state index contributed by atoms with van der Waals surface area (Å²) in [6.45, 7) is 0.626. The molecule has 3 atom stereocenters. The summed E-state index contributed by atoms with van der Waals surface area (Å²) < 4.78 is 9.47. The van der Waals surface area contributed by atoms with Gasteiger partial charge >= 0.3 is 6.16 Å². The normalized spacial score (nSPS) is 33.1. The number of carbonyl (C=O) groups excluding carboxylic acids is 2. The molecule has 15 heavy (non-hydrogen) atoms. The zero-order valence-electron chi connectivity index (χ0n) is 8.43. The number of ether oxygens (including phenoxy) is 2. The number of methoxy groups -OCH3 is 1. The van der Waals surface area contributed by atoms with E-state index in [1.807, 2.05) is 12.2 Å². The zero-order chi connectivity index (χ0) is 10.8. The molecule has 1 N–H and O–H groups in total. The number of amides is 1. The Kier molecular flexibility index (Phi) is 2.62. The summed E-state index contributed by atoms with van der Waals surface area (Å²) in [6.07, 6.45) is 3.39. The van der Waals surface area contributed by atoms with E-state index in [1.54, 1.807) is 0 Å². The number of hydrogen-bond donors (Lipinski definition) is 1. The minimum atomic E-state index is -0.728. The summed E-state index contributed by atoms with van der Waals surface area (Å²) in [5, 5.41) is 2.76. The summed E-state index contributed by atoms with van der Waals surface area (Å²) in [7, 11) is 1.26. The highest BCUT2D eigenvalue weighted by Crippen LogP contribution is 2.31. The van der Waals surface area contributed by atoms with Gasteiger partial charge in [0, 0.05) is 18.9 Å². The lowest BCUT2D eigenvalue weighted by Gasteiger charge is -2.26. The molecule has 0 radical (unpaired) electrons. The molecule has 1 aliphatic carbocycles. The second kappa shape index (κ2) is 3.92. The van der Waals surface area contributed by atoms with Gasteiger partial charge in [0.05, 0.1) is 13.0 Å². The van der Waals surface area contributed by atoms with Gasteiger partial charge in [0.1, 0.15) is 6.10 Å². The number of hydrogen-bond acceptors (Lipinski definition) is 4. The van der Waals surface area contributed by atoms with Crippen LogP contribution in [0.2, 0.25) is 0 Å². The van der Waals surface area contributed by atoms with Crippen molar-refractivity contribution in [1.82, 2.24) is 5.32 Å². The van der Waals surface area contributed by atoms with Crippen molar-refractivity contribution in [1.29, 1.82) is 0 Å². The van der Waals surface area contributed by atoms with Gasteiger partial charge in [-0.05, 0) is 0 Å². The van der Waals surface area contributed by atoms with Crippen molar-refractivity contribution in [3.63, 3.8) is 0 Å². The predicted molar refractivity (Wildman–Crippen MR) is 51.0 cm³/mol. The second-order valence-corrected chi connectivity index (χ2v) is 3.71. The van der Waals surface area contributed by atoms with Gasteiger partial charge in [-0.1, -0.05) is 12.2 Å². The summed E-state index contributed by atoms with van der Waals surface area (Å²) in [5.41, 5.74) is 0. The predicted octanol–water partition coefficient (Wildman–Crippen LogP) is 0.460. The highest BCUT2D eigenvalue weighted by Gasteiger charge is 2.42. The van der Waals surface area contributed by atoms with Crippen LogP contribution in [0.1, 0.15) is 6.42 Å². The van der Waals surface area contributed by atoms with Crippen LogP contribution in [0.5, 0.6) is 0 Å². The van der Waals surface area contributed by atoms with Crippen LogP contribution in [0.3, 0.4) is 0 Å². The van der Waals surface area contributed by atoms with Crippen molar-refractivity contribution in [2.75, 3.05) is 13.7 Å². The molecule has 2 rings (SSSR count). The summed E-state index contributed by atoms with van der Waals surface area (Å²) >= 11 is 0. The first-order valence-corrected chi connectivity index (χ1v) is 4.91. The maximum absolute atomic E-state index is 11.5. The zero-order valence-corrected chi connectivity index (χ0v) is 8.43. The van der Waals surface area contributed by atoms with Crippen LogP contribution >= 0.6 is 0 Å². The van der Waals surface area contributed by atoms with Crippen LogP contribution in [-0.4, -0.2) is 31.8 Å². The summed E-state index contributed by atoms with van der Waals surface area (Å²) in [6, 6.07) is 0. The molecule has 0 aromatic rings. The van der Waals surface area contributed by atoms with Crippen LogP contribution in [0, 0.1) is 11.8 Å². The van der Waals surface area contributed by atoms with Crippen LogP contribution in [-0.2, 0) is 14.3 Å². The molecule has 0 bridgehead atoms. The molecule has 0 aromatic carbocycles. The summed E-state index contributed by atoms with van der Waals surface area (Å²) in [5.74, 6) is -0.159. The Morgan fingerprint density at radius 1 is 1.60 bits per heavy atom. The van der Waals surface area contributed by atoms with E-state index < -0.39 is 12.3 Å². The molecule has 0 saturated carbocycles. The lowest BCUT2D eigenvalue weighted by molar-refractivity contribution is -0.126. The molecule has 3 unspecified atom stereocenters. The highest BCUT2D eigenvalue weighted by molar-refractivity contribution is 5.82. The van der Waals surface area contributed by atoms with Crippen molar-refractivity contribution >= 4 is 12.1 Å². The standard InChI is InChI=1S/C10H13NO4/c1-14-10(13)15-7-4-2-3-6-5-11-9(12)8(6)7/h2-3,6-8H,4-5H2,1H3,(H,11,12). The van der Waals surface area contributed by atoms with Gasteiger partial charge in [0.2, 0.25) is 5.91 Å². The van der Waals surface area contributed by atoms with Gasteiger partial charge in [-0.2, -0.15) is 0 Å². The van der Waals surface area contributed by atoms with E-state index in [4.69, 9.17) is 4.74 Å². The van der Waals surface area contributed by atoms with Gasteiger partial charge in [0.15, 0.2) is 0 Å². The van der Waals surface area contributed by atoms with Crippen LogP contribution in [0.15, 0.2) is 12.2 Å². The molecule has 1 heterocycles. The molecule has 0 spiro atoms. The monoisotopic (exact) mass is 211 g/mol. The topological polar surface area (TPSA) is 64.6 Å². The minimum absolute atomic E-state index is 0.0433. The molecular weight excluding hydrogens is 198 g/mol. The van der Waals surface area contributed by atoms with Crippen molar-refractivity contribution in [2.24, 2.45) is 11.8 Å². The quantitative estimate of drug-likeness (QED) is 0.505. The first kappa shape index (κ1) is 10.0. The Morgan fingerprint density at radius 2 is 2.40 bits per heavy atom. The number of nitrogens with one attached hydrogen (secondary N) is 1. The molecule has 1 amide bonds. The first-order valence-electron chi connectivity index (χ1n) is 4.91. The first-order chi connectivity index (χ1) is 7.22. The molecule has 2 aliphatic rings. The van der Waals surface area contributed by atoms with Gasteiger partial charge in [-0.3, -0.25) is 4.79 Å². The lowest BCUT2D eigenvalue weighted by atomic mass is 9.84. The van der Waals surface area contributed by atoms with Gasteiger partial charge in [-0.15, -0.1) is 0 Å². The SMILES string of the molecule is COC(=O)OC1CC=CC2CNC(=O)C21. The smallest absolute Gasteiger partial charge is 0.438 e. The van der Waals surface area contributed by atoms with E-state index in [0.717, 1.165) is 0 Å². The third-order valence-electron chi connectivity index (χ3n) is 2.84. The van der Waals surface area contributed by atoms with Crippen LogP contribution < -0.4 is 5.32 Å². The fourth-order valence-electron chi connectivity index (χ4n) is 2.12. The molecule has 82 valence electrons. The van der Waals surface area contributed by atoms with Crippen LogP contribution in [0.4, 0.5) is 4.79 Å². The van der Waals surface area contributed by atoms with Gasteiger partial charge in [-0.25, -0.2) is 4.79 Å². The fraction of sp³-hybridized carbons (Fsp3) is 0.600. The molecule has 5 heteroatoms. The van der Waals surface area contributed by atoms with E-state index >= 15 is 0 Å². The largest absolute Gasteiger partial charge is 0.508 e. The average Bonchev–Trinajstić information content (AvgIpc) is 2.61.